The third-order valence-electron chi connectivity index (χ3n) is 3.47. The Morgan fingerprint density at radius 1 is 1.27 bits per heavy atom. The fourth-order valence-electron chi connectivity index (χ4n) is 2.08. The van der Waals surface area contributed by atoms with Crippen molar-refractivity contribution in [3.8, 4) is 0 Å². The number of hydrogen-bond donors (Lipinski definition) is 0. The molecule has 0 aromatic rings. The van der Waals surface area contributed by atoms with Crippen molar-refractivity contribution < 1.29 is 4.79 Å². The molecular weight excluding hydrogens is 160 g/mol. The first-order chi connectivity index (χ1) is 4.85. The van der Waals surface area contributed by atoms with Gasteiger partial charge in [0.2, 0.25) is 0 Å². The minimum atomic E-state index is 0.152. The molecule has 64 valence electrons. The Labute approximate surface area is 73.1 Å². The van der Waals surface area contributed by atoms with E-state index in [0.29, 0.717) is 0 Å². The lowest BCUT2D eigenvalue weighted by molar-refractivity contribution is -0.118. The molecule has 11 heavy (non-hydrogen) atoms. The number of Topliss-reactive ketones (excluding diaryl/α,β-unsaturated/α-hetero) is 1. The first-order valence-electron chi connectivity index (χ1n) is 3.94. The van der Waals surface area contributed by atoms with Gasteiger partial charge in [-0.05, 0) is 10.8 Å². The third-order valence-corrected chi connectivity index (χ3v) is 3.74. The summed E-state index contributed by atoms with van der Waals surface area (Å²) in [5.41, 5.74) is 0.304. The zero-order valence-electron chi connectivity index (χ0n) is 7.57. The Morgan fingerprint density at radius 2 is 1.64 bits per heavy atom. The molecule has 1 aliphatic rings. The molecule has 2 heteroatoms. The van der Waals surface area contributed by atoms with Crippen molar-refractivity contribution in [1.29, 1.82) is 0 Å². The van der Waals surface area contributed by atoms with Gasteiger partial charge in [0.1, 0.15) is 0 Å². The van der Waals surface area contributed by atoms with Crippen molar-refractivity contribution in [3.63, 3.8) is 0 Å². The normalized spacial score (nSPS) is 26.6. The average molecular weight is 175 g/mol. The molecule has 0 unspecified atom stereocenters. The van der Waals surface area contributed by atoms with Gasteiger partial charge in [0.15, 0.2) is 5.78 Å². The molecule has 1 fully saturated rings. The Bertz CT molecular complexity index is 180. The molecule has 1 aliphatic carbocycles. The van der Waals surface area contributed by atoms with E-state index in [9.17, 15) is 4.79 Å². The van der Waals surface area contributed by atoms with E-state index < -0.39 is 0 Å². The molecular formula is C9H15ClO. The molecule has 0 saturated heterocycles. The maximum Gasteiger partial charge on any atom is 0.151 e. The monoisotopic (exact) mass is 174 g/mol. The number of alkyl halides is 1. The van der Waals surface area contributed by atoms with Crippen molar-refractivity contribution in [2.45, 2.75) is 27.7 Å². The summed E-state index contributed by atoms with van der Waals surface area (Å²) in [6, 6.07) is 0. The van der Waals surface area contributed by atoms with Crippen LogP contribution >= 0.6 is 11.6 Å². The van der Waals surface area contributed by atoms with Gasteiger partial charge in [0.05, 0.1) is 5.88 Å². The second-order valence-electron chi connectivity index (χ2n) is 4.48. The first kappa shape index (κ1) is 9.05. The summed E-state index contributed by atoms with van der Waals surface area (Å²) in [4.78, 5) is 11.3. The largest absolute Gasteiger partial charge is 0.298 e. The van der Waals surface area contributed by atoms with Crippen LogP contribution in [-0.2, 0) is 4.79 Å². The minimum Gasteiger partial charge on any atom is -0.298 e. The highest BCUT2D eigenvalue weighted by Crippen LogP contribution is 2.68. The molecule has 0 spiro atoms. The van der Waals surface area contributed by atoms with Crippen LogP contribution in [0.3, 0.4) is 0 Å². The Morgan fingerprint density at radius 3 is 1.73 bits per heavy atom. The van der Waals surface area contributed by atoms with Gasteiger partial charge in [-0.15, -0.1) is 11.6 Å². The predicted molar refractivity (Wildman–Crippen MR) is 46.8 cm³/mol. The molecule has 0 heterocycles. The summed E-state index contributed by atoms with van der Waals surface area (Å²) >= 11 is 5.49. The summed E-state index contributed by atoms with van der Waals surface area (Å²) in [6.07, 6.45) is 0. The molecule has 0 atom stereocenters. The van der Waals surface area contributed by atoms with Crippen LogP contribution in [0, 0.1) is 16.7 Å². The maximum atomic E-state index is 11.3. The van der Waals surface area contributed by atoms with Crippen LogP contribution in [0.5, 0.6) is 0 Å². The number of carbonyl (C=O) groups is 1. The van der Waals surface area contributed by atoms with E-state index in [1.807, 2.05) is 0 Å². The van der Waals surface area contributed by atoms with E-state index >= 15 is 0 Å². The number of hydrogen-bond acceptors (Lipinski definition) is 1. The maximum absolute atomic E-state index is 11.3. The summed E-state index contributed by atoms with van der Waals surface area (Å²) in [5.74, 6) is 0.534. The van der Waals surface area contributed by atoms with Gasteiger partial charge in [0, 0.05) is 5.92 Å². The molecule has 0 radical (unpaired) electrons. The fraction of sp³-hybridized carbons (Fsp3) is 0.889. The molecule has 0 amide bonds. The summed E-state index contributed by atoms with van der Waals surface area (Å²) in [6.45, 7) is 8.51. The van der Waals surface area contributed by atoms with Crippen molar-refractivity contribution in [2.24, 2.45) is 16.7 Å². The molecule has 1 nitrogen and oxygen atoms in total. The molecule has 0 bridgehead atoms. The highest BCUT2D eigenvalue weighted by atomic mass is 35.5. The number of halogens is 1. The molecule has 0 aliphatic heterocycles. The standard InChI is InChI=1S/C9H15ClO/c1-8(2)7(6(11)5-10)9(8,3)4/h7H,5H2,1-4H3. The van der Waals surface area contributed by atoms with Crippen molar-refractivity contribution in [1.82, 2.24) is 0 Å². The fourth-order valence-corrected chi connectivity index (χ4v) is 2.23. The lowest BCUT2D eigenvalue weighted by Gasteiger charge is -2.03. The SMILES string of the molecule is CC1(C)C(C(=O)CCl)C1(C)C. The van der Waals surface area contributed by atoms with Crippen molar-refractivity contribution in [2.75, 3.05) is 5.88 Å². The minimum absolute atomic E-state index is 0.152. The first-order valence-corrected chi connectivity index (χ1v) is 4.48. The van der Waals surface area contributed by atoms with Crippen LogP contribution in [0.4, 0.5) is 0 Å². The smallest absolute Gasteiger partial charge is 0.151 e. The second-order valence-corrected chi connectivity index (χ2v) is 4.74. The van der Waals surface area contributed by atoms with Crippen LogP contribution < -0.4 is 0 Å². The van der Waals surface area contributed by atoms with Gasteiger partial charge in [-0.25, -0.2) is 0 Å². The van der Waals surface area contributed by atoms with E-state index in [0.717, 1.165) is 0 Å². The van der Waals surface area contributed by atoms with Crippen LogP contribution in [0.1, 0.15) is 27.7 Å². The number of carbonyl (C=O) groups excluding carboxylic acids is 1. The lowest BCUT2D eigenvalue weighted by Crippen LogP contribution is -2.07. The number of ketones is 1. The zero-order valence-corrected chi connectivity index (χ0v) is 8.33. The molecule has 1 rings (SSSR count). The van der Waals surface area contributed by atoms with Crippen molar-refractivity contribution >= 4 is 17.4 Å². The Kier molecular flexibility index (Phi) is 1.83. The summed E-state index contributed by atoms with van der Waals surface area (Å²) in [7, 11) is 0. The molecule has 0 aromatic heterocycles. The van der Waals surface area contributed by atoms with Gasteiger partial charge >= 0.3 is 0 Å². The third kappa shape index (κ3) is 1.01. The predicted octanol–water partition coefficient (Wildman–Crippen LogP) is 2.48. The highest BCUT2D eigenvalue weighted by Gasteiger charge is 2.67. The van der Waals surface area contributed by atoms with Crippen LogP contribution in [-0.4, -0.2) is 11.7 Å². The van der Waals surface area contributed by atoms with Crippen LogP contribution in [0.15, 0.2) is 0 Å². The van der Waals surface area contributed by atoms with Crippen molar-refractivity contribution in [3.05, 3.63) is 0 Å². The highest BCUT2D eigenvalue weighted by molar-refractivity contribution is 6.28. The van der Waals surface area contributed by atoms with E-state index in [1.54, 1.807) is 0 Å². The Balaban J connectivity index is 2.75. The number of rotatable bonds is 2. The van der Waals surface area contributed by atoms with Gasteiger partial charge < -0.3 is 0 Å². The van der Waals surface area contributed by atoms with E-state index in [-0.39, 0.29) is 28.4 Å². The zero-order chi connectivity index (χ0) is 8.86. The lowest BCUT2D eigenvalue weighted by atomic mass is 10.0. The molecule has 1 saturated carbocycles. The summed E-state index contributed by atoms with van der Waals surface area (Å²) in [5, 5.41) is 0. The van der Waals surface area contributed by atoms with Gasteiger partial charge in [-0.3, -0.25) is 4.79 Å². The molecule has 0 N–H and O–H groups in total. The quantitative estimate of drug-likeness (QED) is 0.588. The Hall–Kier alpha value is -0.0400. The van der Waals surface area contributed by atoms with Gasteiger partial charge in [0.25, 0.3) is 0 Å². The summed E-state index contributed by atoms with van der Waals surface area (Å²) < 4.78 is 0. The van der Waals surface area contributed by atoms with E-state index in [4.69, 9.17) is 11.6 Å². The van der Waals surface area contributed by atoms with Gasteiger partial charge in [-0.2, -0.15) is 0 Å². The second kappa shape index (κ2) is 2.22. The van der Waals surface area contributed by atoms with Crippen LogP contribution in [0.2, 0.25) is 0 Å². The van der Waals surface area contributed by atoms with Crippen LogP contribution in [0.25, 0.3) is 0 Å². The average Bonchev–Trinajstić information content (AvgIpc) is 2.24. The van der Waals surface area contributed by atoms with E-state index in [1.165, 1.54) is 0 Å². The van der Waals surface area contributed by atoms with E-state index in [2.05, 4.69) is 27.7 Å². The van der Waals surface area contributed by atoms with Gasteiger partial charge in [-0.1, -0.05) is 27.7 Å². The topological polar surface area (TPSA) is 17.1 Å². The molecule has 0 aromatic carbocycles.